The van der Waals surface area contributed by atoms with E-state index in [0.717, 1.165) is 58.4 Å². The van der Waals surface area contributed by atoms with Crippen molar-refractivity contribution in [2.24, 2.45) is 0 Å². The predicted octanol–water partition coefficient (Wildman–Crippen LogP) is 5.79. The van der Waals surface area contributed by atoms with Crippen LogP contribution >= 0.6 is 0 Å². The lowest BCUT2D eigenvalue weighted by Crippen LogP contribution is -2.33. The topological polar surface area (TPSA) is 73.2 Å². The third-order valence-electron chi connectivity index (χ3n) is 7.10. The van der Waals surface area contributed by atoms with E-state index in [-0.39, 0.29) is 11.5 Å². The molecule has 0 aromatic heterocycles. The molecule has 1 atom stereocenters. The normalized spacial score (nSPS) is 15.1. The third-order valence-corrected chi connectivity index (χ3v) is 7.10. The summed E-state index contributed by atoms with van der Waals surface area (Å²) < 4.78 is 5.97. The van der Waals surface area contributed by atoms with Crippen LogP contribution in [0.3, 0.4) is 0 Å². The van der Waals surface area contributed by atoms with Crippen LogP contribution in [0.25, 0.3) is 10.8 Å². The molecule has 0 spiro atoms. The molecule has 1 fully saturated rings. The van der Waals surface area contributed by atoms with Crippen LogP contribution in [-0.4, -0.2) is 46.5 Å². The highest BCUT2D eigenvalue weighted by molar-refractivity contribution is 5.89. The second-order valence-corrected chi connectivity index (χ2v) is 9.57. The summed E-state index contributed by atoms with van der Waals surface area (Å²) in [6, 6.07) is 24.0. The van der Waals surface area contributed by atoms with E-state index < -0.39 is 6.10 Å². The van der Waals surface area contributed by atoms with E-state index >= 15 is 0 Å². The van der Waals surface area contributed by atoms with Crippen LogP contribution in [0, 0.1) is 0 Å². The molecule has 5 rings (SSSR count). The number of para-hydroxylation sites is 1. The Hall–Kier alpha value is -3.54. The maximum atomic E-state index is 11.6. The maximum Gasteiger partial charge on any atom is 0.119 e. The highest BCUT2D eigenvalue weighted by atomic mass is 16.5. The summed E-state index contributed by atoms with van der Waals surface area (Å²) in [6.45, 7) is 3.89. The molecule has 0 amide bonds. The van der Waals surface area contributed by atoms with Crippen LogP contribution in [0.4, 0.5) is 0 Å². The number of aromatic hydroxyl groups is 2. The van der Waals surface area contributed by atoms with Gasteiger partial charge in [0.25, 0.3) is 0 Å². The molecule has 1 unspecified atom stereocenters. The van der Waals surface area contributed by atoms with Gasteiger partial charge in [0, 0.05) is 13.0 Å². The summed E-state index contributed by atoms with van der Waals surface area (Å²) in [7, 11) is 0. The van der Waals surface area contributed by atoms with Gasteiger partial charge >= 0.3 is 0 Å². The minimum atomic E-state index is -0.874. The number of nitrogens with zero attached hydrogens (tertiary/aromatic N) is 1. The Balaban J connectivity index is 1.39. The van der Waals surface area contributed by atoms with Crippen LogP contribution < -0.4 is 4.74 Å². The number of hydrogen-bond donors (Lipinski definition) is 3. The van der Waals surface area contributed by atoms with Crippen LogP contribution in [0.15, 0.2) is 78.9 Å². The number of hydrogen-bond acceptors (Lipinski definition) is 5. The minimum absolute atomic E-state index is 0.183. The highest BCUT2D eigenvalue weighted by Gasteiger charge is 2.20. The van der Waals surface area contributed by atoms with Gasteiger partial charge in [-0.3, -0.25) is 4.90 Å². The Morgan fingerprint density at radius 1 is 0.806 bits per heavy atom. The molecule has 36 heavy (non-hydrogen) atoms. The summed E-state index contributed by atoms with van der Waals surface area (Å²) in [4.78, 5) is 2.45. The lowest BCUT2D eigenvalue weighted by atomic mass is 9.88. The van der Waals surface area contributed by atoms with Crippen molar-refractivity contribution in [1.82, 2.24) is 4.90 Å². The molecule has 1 aliphatic heterocycles. The van der Waals surface area contributed by atoms with Crippen molar-refractivity contribution in [3.63, 3.8) is 0 Å². The number of likely N-dealkylation sites (tertiary alicyclic amines) is 1. The zero-order valence-corrected chi connectivity index (χ0v) is 20.4. The Morgan fingerprint density at radius 2 is 1.58 bits per heavy atom. The molecule has 0 bridgehead atoms. The largest absolute Gasteiger partial charge is 0.508 e. The first kappa shape index (κ1) is 24.2. The Morgan fingerprint density at radius 3 is 2.36 bits per heavy atom. The van der Waals surface area contributed by atoms with E-state index in [1.54, 1.807) is 24.3 Å². The number of benzene rings is 4. The van der Waals surface area contributed by atoms with Gasteiger partial charge in [0.1, 0.15) is 30.0 Å². The number of piperidine rings is 1. The van der Waals surface area contributed by atoms with Gasteiger partial charge in [-0.2, -0.15) is 0 Å². The number of ether oxygens (including phenoxy) is 1. The summed E-state index contributed by atoms with van der Waals surface area (Å²) in [5.74, 6) is 1.21. The smallest absolute Gasteiger partial charge is 0.119 e. The Bertz CT molecular complexity index is 1310. The molecule has 3 N–H and O–H groups in total. The molecule has 1 aliphatic rings. The fourth-order valence-electron chi connectivity index (χ4n) is 5.12. The summed E-state index contributed by atoms with van der Waals surface area (Å²) >= 11 is 0. The first-order valence-corrected chi connectivity index (χ1v) is 12.7. The molecule has 4 aromatic rings. The minimum Gasteiger partial charge on any atom is -0.508 e. The summed E-state index contributed by atoms with van der Waals surface area (Å²) in [5, 5.41) is 33.6. The Labute approximate surface area is 212 Å². The van der Waals surface area contributed by atoms with Crippen molar-refractivity contribution in [2.45, 2.75) is 31.8 Å². The molecule has 0 saturated carbocycles. The summed E-state index contributed by atoms with van der Waals surface area (Å²) in [6.07, 6.45) is 3.47. The van der Waals surface area contributed by atoms with Crippen molar-refractivity contribution < 1.29 is 20.1 Å². The molecule has 186 valence electrons. The predicted molar refractivity (Wildman–Crippen MR) is 143 cm³/mol. The zero-order valence-electron chi connectivity index (χ0n) is 20.4. The van der Waals surface area contributed by atoms with Gasteiger partial charge in [-0.05, 0) is 89.3 Å². The van der Waals surface area contributed by atoms with Crippen molar-refractivity contribution in [1.29, 1.82) is 0 Å². The van der Waals surface area contributed by atoms with E-state index in [2.05, 4.69) is 4.90 Å². The van der Waals surface area contributed by atoms with E-state index in [0.29, 0.717) is 13.0 Å². The van der Waals surface area contributed by atoms with Crippen molar-refractivity contribution in [2.75, 3.05) is 26.2 Å². The number of fused-ring (bicyclic) bond motifs is 1. The van der Waals surface area contributed by atoms with Crippen LogP contribution in [0.5, 0.6) is 17.2 Å². The monoisotopic (exact) mass is 483 g/mol. The van der Waals surface area contributed by atoms with E-state index in [1.165, 1.54) is 19.3 Å². The molecule has 0 aliphatic carbocycles. The van der Waals surface area contributed by atoms with Crippen molar-refractivity contribution in [3.05, 3.63) is 101 Å². The van der Waals surface area contributed by atoms with Crippen LogP contribution in [0.1, 0.15) is 47.6 Å². The zero-order chi connectivity index (χ0) is 24.9. The van der Waals surface area contributed by atoms with E-state index in [1.807, 2.05) is 54.6 Å². The van der Waals surface area contributed by atoms with Gasteiger partial charge in [-0.15, -0.1) is 0 Å². The molecule has 4 aromatic carbocycles. The molecule has 5 nitrogen and oxygen atoms in total. The number of phenolic OH excluding ortho intramolecular Hbond substituents is 2. The molecular formula is C31H33NO4. The van der Waals surface area contributed by atoms with Crippen LogP contribution in [-0.2, 0) is 6.42 Å². The van der Waals surface area contributed by atoms with Gasteiger partial charge in [-0.1, -0.05) is 55.0 Å². The molecule has 0 radical (unpaired) electrons. The average molecular weight is 484 g/mol. The average Bonchev–Trinajstić information content (AvgIpc) is 2.90. The second kappa shape index (κ2) is 11.0. The van der Waals surface area contributed by atoms with E-state index in [9.17, 15) is 15.3 Å². The van der Waals surface area contributed by atoms with Gasteiger partial charge in [-0.25, -0.2) is 0 Å². The molecule has 1 heterocycles. The van der Waals surface area contributed by atoms with Crippen molar-refractivity contribution >= 4 is 10.8 Å². The molecule has 1 saturated heterocycles. The van der Waals surface area contributed by atoms with Gasteiger partial charge in [0.15, 0.2) is 0 Å². The van der Waals surface area contributed by atoms with Gasteiger partial charge < -0.3 is 20.1 Å². The number of aliphatic hydroxyl groups is 1. The van der Waals surface area contributed by atoms with Crippen molar-refractivity contribution in [3.8, 4) is 17.2 Å². The SMILES string of the molecule is Oc1ccc2c(C(O)c3ccc(OCCN4CCCCC4)cc3)c(Cc3ccccc3O)ccc2c1. The van der Waals surface area contributed by atoms with Gasteiger partial charge in [0.05, 0.1) is 0 Å². The number of phenols is 2. The quantitative estimate of drug-likeness (QED) is 0.296. The number of rotatable bonds is 8. The lowest BCUT2D eigenvalue weighted by molar-refractivity contribution is 0.183. The fourth-order valence-corrected chi connectivity index (χ4v) is 5.12. The maximum absolute atomic E-state index is 11.6. The standard InChI is InChI=1S/C31H33NO4/c33-26-12-15-28-23(21-26)8-9-25(20-24-6-2-3-7-29(24)34)30(28)31(35)22-10-13-27(14-11-22)36-19-18-32-16-4-1-5-17-32/h2-3,6-15,21,31,33-35H,1,4-5,16-20H2. The first-order chi connectivity index (χ1) is 17.6. The molecular weight excluding hydrogens is 450 g/mol. The lowest BCUT2D eigenvalue weighted by Gasteiger charge is -2.26. The second-order valence-electron chi connectivity index (χ2n) is 9.57. The summed E-state index contributed by atoms with van der Waals surface area (Å²) in [5.41, 5.74) is 3.25. The van der Waals surface area contributed by atoms with E-state index in [4.69, 9.17) is 4.74 Å². The molecule has 5 heteroatoms. The van der Waals surface area contributed by atoms with Gasteiger partial charge in [0.2, 0.25) is 0 Å². The fraction of sp³-hybridized carbons (Fsp3) is 0.290. The van der Waals surface area contributed by atoms with Crippen LogP contribution in [0.2, 0.25) is 0 Å². The number of aliphatic hydroxyl groups excluding tert-OH is 1. The highest BCUT2D eigenvalue weighted by Crippen LogP contribution is 2.36. The Kier molecular flexibility index (Phi) is 7.40. The first-order valence-electron chi connectivity index (χ1n) is 12.7. The third kappa shape index (κ3) is 5.48.